The lowest BCUT2D eigenvalue weighted by atomic mass is 10.2. The van der Waals surface area contributed by atoms with Gasteiger partial charge in [0.25, 0.3) is 0 Å². The summed E-state index contributed by atoms with van der Waals surface area (Å²) in [6, 6.07) is 9.51. The van der Waals surface area contributed by atoms with Crippen molar-refractivity contribution in [2.45, 2.75) is 0 Å². The lowest BCUT2D eigenvalue weighted by molar-refractivity contribution is -0.131. The number of hydrogen-bond acceptors (Lipinski definition) is 1. The molecule has 72 valence electrons. The monoisotopic (exact) mass is 208 g/mol. The lowest BCUT2D eigenvalue weighted by Gasteiger charge is -1.90. The normalized spacial score (nSPS) is 11.9. The molecule has 0 unspecified atom stereocenters. The van der Waals surface area contributed by atoms with Crippen molar-refractivity contribution in [3.05, 3.63) is 53.1 Å². The predicted molar refractivity (Wildman–Crippen MR) is 57.0 cm³/mol. The van der Waals surface area contributed by atoms with Crippen molar-refractivity contribution in [3.8, 4) is 0 Å². The molecule has 0 radical (unpaired) electrons. The zero-order chi connectivity index (χ0) is 10.4. The zero-order valence-corrected chi connectivity index (χ0v) is 8.11. The Morgan fingerprint density at radius 3 is 2.50 bits per heavy atom. The van der Waals surface area contributed by atoms with Crippen LogP contribution >= 0.6 is 11.6 Å². The maximum absolute atomic E-state index is 10.2. The fourth-order valence-electron chi connectivity index (χ4n) is 0.906. The van der Waals surface area contributed by atoms with Crippen LogP contribution in [0.4, 0.5) is 0 Å². The van der Waals surface area contributed by atoms with E-state index in [9.17, 15) is 4.79 Å². The molecule has 1 rings (SSSR count). The van der Waals surface area contributed by atoms with Crippen LogP contribution < -0.4 is 0 Å². The molecule has 0 aliphatic rings. The van der Waals surface area contributed by atoms with Crippen molar-refractivity contribution in [1.29, 1.82) is 0 Å². The fraction of sp³-hybridized carbons (Fsp3) is 0. The first kappa shape index (κ1) is 10.5. The summed E-state index contributed by atoms with van der Waals surface area (Å²) < 4.78 is 0. The largest absolute Gasteiger partial charge is 0.478 e. The van der Waals surface area contributed by atoms with Crippen molar-refractivity contribution in [3.63, 3.8) is 0 Å². The van der Waals surface area contributed by atoms with Crippen molar-refractivity contribution in [2.75, 3.05) is 0 Å². The third-order valence-electron chi connectivity index (χ3n) is 1.50. The first-order valence-electron chi connectivity index (χ1n) is 4.02. The number of hydrogen-bond donors (Lipinski definition) is 1. The summed E-state index contributed by atoms with van der Waals surface area (Å²) in [5.74, 6) is -1.05. The molecule has 2 nitrogen and oxygen atoms in total. The number of carbonyl (C=O) groups is 1. The van der Waals surface area contributed by atoms with Gasteiger partial charge in [-0.3, -0.25) is 0 Å². The summed E-state index contributed by atoms with van der Waals surface area (Å²) in [6.45, 7) is 0. The van der Waals surface area contributed by atoms with E-state index < -0.39 is 5.97 Å². The smallest absolute Gasteiger partial charge is 0.329 e. The molecule has 0 saturated carbocycles. The van der Waals surface area contributed by atoms with Gasteiger partial charge in [-0.15, -0.1) is 0 Å². The van der Waals surface area contributed by atoms with E-state index in [1.807, 2.05) is 30.3 Å². The first-order valence-corrected chi connectivity index (χ1v) is 4.39. The molecule has 0 aliphatic carbocycles. The van der Waals surface area contributed by atoms with Crippen molar-refractivity contribution in [1.82, 2.24) is 0 Å². The minimum atomic E-state index is -1.05. The molecular weight excluding hydrogens is 200 g/mol. The van der Waals surface area contributed by atoms with Gasteiger partial charge >= 0.3 is 5.97 Å². The Bertz CT molecular complexity index is 366. The van der Waals surface area contributed by atoms with E-state index >= 15 is 0 Å². The van der Waals surface area contributed by atoms with Crippen molar-refractivity contribution in [2.24, 2.45) is 0 Å². The van der Waals surface area contributed by atoms with Crippen molar-refractivity contribution < 1.29 is 9.90 Å². The van der Waals surface area contributed by atoms with Gasteiger partial charge in [0.2, 0.25) is 0 Å². The Labute approximate surface area is 87.1 Å². The van der Waals surface area contributed by atoms with Crippen LogP contribution in [0.5, 0.6) is 0 Å². The average Bonchev–Trinajstić information content (AvgIpc) is 2.15. The summed E-state index contributed by atoms with van der Waals surface area (Å²) in [7, 11) is 0. The number of aliphatic carboxylic acids is 1. The molecule has 3 heteroatoms. The van der Waals surface area contributed by atoms with Crippen LogP contribution in [0, 0.1) is 0 Å². The maximum Gasteiger partial charge on any atom is 0.329 e. The van der Waals surface area contributed by atoms with Gasteiger partial charge in [-0.1, -0.05) is 48.0 Å². The van der Waals surface area contributed by atoms with Gasteiger partial charge in [0.1, 0.15) is 0 Å². The van der Waals surface area contributed by atoms with Gasteiger partial charge in [0.05, 0.1) is 0 Å². The Morgan fingerprint density at radius 2 is 1.93 bits per heavy atom. The molecule has 0 atom stereocenters. The standard InChI is InChI=1S/C11H9ClO2/c12-10(8-11(13)14)7-6-9-4-2-1-3-5-9/h1-8H,(H,13,14)/b7-6+,10-8+. The summed E-state index contributed by atoms with van der Waals surface area (Å²) in [5, 5.41) is 8.58. The minimum absolute atomic E-state index is 0.196. The van der Waals surface area contributed by atoms with E-state index in [1.54, 1.807) is 12.2 Å². The Hall–Kier alpha value is -1.54. The second kappa shape index (κ2) is 5.25. The zero-order valence-electron chi connectivity index (χ0n) is 7.35. The molecule has 0 aromatic heterocycles. The molecule has 1 aromatic rings. The van der Waals surface area contributed by atoms with E-state index in [2.05, 4.69) is 0 Å². The number of halogens is 1. The first-order chi connectivity index (χ1) is 6.68. The maximum atomic E-state index is 10.2. The number of benzene rings is 1. The molecule has 0 bridgehead atoms. The third kappa shape index (κ3) is 3.92. The number of rotatable bonds is 3. The summed E-state index contributed by atoms with van der Waals surface area (Å²) in [5.41, 5.74) is 0.976. The second-order valence-electron chi connectivity index (χ2n) is 2.61. The molecule has 0 heterocycles. The van der Waals surface area contributed by atoms with Crippen LogP contribution in [0.1, 0.15) is 5.56 Å². The van der Waals surface area contributed by atoms with E-state index in [4.69, 9.17) is 16.7 Å². The highest BCUT2D eigenvalue weighted by atomic mass is 35.5. The Kier molecular flexibility index (Phi) is 3.95. The Morgan fingerprint density at radius 1 is 1.29 bits per heavy atom. The quantitative estimate of drug-likeness (QED) is 0.613. The van der Waals surface area contributed by atoms with Gasteiger partial charge < -0.3 is 5.11 Å². The van der Waals surface area contributed by atoms with Crippen LogP contribution in [0.2, 0.25) is 0 Å². The van der Waals surface area contributed by atoms with Gasteiger partial charge in [0, 0.05) is 11.1 Å². The topological polar surface area (TPSA) is 37.3 Å². The molecule has 0 amide bonds. The molecule has 0 aliphatic heterocycles. The molecule has 0 saturated heterocycles. The summed E-state index contributed by atoms with van der Waals surface area (Å²) in [6.07, 6.45) is 4.24. The van der Waals surface area contributed by atoms with Gasteiger partial charge in [0.15, 0.2) is 0 Å². The van der Waals surface area contributed by atoms with Gasteiger partial charge in [-0.2, -0.15) is 0 Å². The van der Waals surface area contributed by atoms with E-state index in [0.29, 0.717) is 0 Å². The minimum Gasteiger partial charge on any atom is -0.478 e. The molecule has 1 aromatic carbocycles. The summed E-state index contributed by atoms with van der Waals surface area (Å²) in [4.78, 5) is 10.2. The number of carboxylic acid groups (broad SMARTS) is 1. The van der Waals surface area contributed by atoms with Crippen LogP contribution in [-0.2, 0) is 4.79 Å². The van der Waals surface area contributed by atoms with Crippen LogP contribution in [0.25, 0.3) is 6.08 Å². The highest BCUT2D eigenvalue weighted by Crippen LogP contribution is 2.07. The van der Waals surface area contributed by atoms with Gasteiger partial charge in [-0.25, -0.2) is 4.79 Å². The molecule has 0 fully saturated rings. The van der Waals surface area contributed by atoms with E-state index in [1.165, 1.54) is 0 Å². The van der Waals surface area contributed by atoms with Crippen LogP contribution in [-0.4, -0.2) is 11.1 Å². The summed E-state index contributed by atoms with van der Waals surface area (Å²) >= 11 is 5.62. The van der Waals surface area contributed by atoms with E-state index in [-0.39, 0.29) is 5.03 Å². The number of allylic oxidation sites excluding steroid dienone is 2. The predicted octanol–water partition coefficient (Wildman–Crippen LogP) is 2.91. The molecular formula is C11H9ClO2. The van der Waals surface area contributed by atoms with Gasteiger partial charge in [-0.05, 0) is 11.6 Å². The van der Waals surface area contributed by atoms with Crippen molar-refractivity contribution >= 4 is 23.6 Å². The Balaban J connectivity index is 2.70. The van der Waals surface area contributed by atoms with Crippen LogP contribution in [0.3, 0.4) is 0 Å². The third-order valence-corrected chi connectivity index (χ3v) is 1.73. The van der Waals surface area contributed by atoms with Crippen LogP contribution in [0.15, 0.2) is 47.5 Å². The fourth-order valence-corrected chi connectivity index (χ4v) is 1.06. The number of carboxylic acids is 1. The van der Waals surface area contributed by atoms with E-state index in [0.717, 1.165) is 11.6 Å². The molecule has 1 N–H and O–H groups in total. The highest BCUT2D eigenvalue weighted by molar-refractivity contribution is 6.32. The SMILES string of the molecule is O=C(O)/C=C(Cl)\C=C\c1ccccc1. The lowest BCUT2D eigenvalue weighted by Crippen LogP contribution is -1.86. The molecule has 14 heavy (non-hydrogen) atoms. The second-order valence-corrected chi connectivity index (χ2v) is 3.05. The highest BCUT2D eigenvalue weighted by Gasteiger charge is 1.91. The average molecular weight is 209 g/mol. The molecule has 0 spiro atoms.